The van der Waals surface area contributed by atoms with E-state index in [0.29, 0.717) is 22.4 Å². The zero-order valence-corrected chi connectivity index (χ0v) is 15.2. The number of nitrogens with zero attached hydrogens (tertiary/aromatic N) is 2. The number of halogens is 3. The van der Waals surface area contributed by atoms with Gasteiger partial charge in [0.2, 0.25) is 0 Å². The molecule has 4 nitrogen and oxygen atoms in total. The van der Waals surface area contributed by atoms with E-state index in [1.165, 1.54) is 12.1 Å². The second-order valence-electron chi connectivity index (χ2n) is 5.23. The monoisotopic (exact) mass is 394 g/mol. The van der Waals surface area contributed by atoms with Gasteiger partial charge in [-0.25, -0.2) is 4.39 Å². The Kier molecular flexibility index (Phi) is 5.53. The molecule has 0 amide bonds. The fourth-order valence-corrected chi connectivity index (χ4v) is 2.79. The number of hydrogen-bond acceptors (Lipinski definition) is 2. The quantitative estimate of drug-likeness (QED) is 0.597. The van der Waals surface area contributed by atoms with Crippen LogP contribution in [0.5, 0.6) is 0 Å². The lowest BCUT2D eigenvalue weighted by Crippen LogP contribution is -2.18. The van der Waals surface area contributed by atoms with Crippen molar-refractivity contribution in [2.75, 3.05) is 10.6 Å². The largest absolute Gasteiger partial charge is 0.332 e. The van der Waals surface area contributed by atoms with Gasteiger partial charge in [0.15, 0.2) is 5.11 Å². The van der Waals surface area contributed by atoms with Gasteiger partial charge in [-0.3, -0.25) is 4.68 Å². The van der Waals surface area contributed by atoms with Crippen LogP contribution in [0.1, 0.15) is 5.56 Å². The molecule has 0 saturated carbocycles. The van der Waals surface area contributed by atoms with Crippen molar-refractivity contribution >= 4 is 51.9 Å². The number of rotatable bonds is 4. The summed E-state index contributed by atoms with van der Waals surface area (Å²) in [5.74, 6) is -0.480. The summed E-state index contributed by atoms with van der Waals surface area (Å²) in [4.78, 5) is 0. The molecule has 0 fully saturated rings. The van der Waals surface area contributed by atoms with E-state index in [1.807, 2.05) is 30.5 Å². The number of aromatic nitrogens is 2. The summed E-state index contributed by atoms with van der Waals surface area (Å²) < 4.78 is 14.9. The van der Waals surface area contributed by atoms with Crippen LogP contribution in [0.25, 0.3) is 0 Å². The normalized spacial score (nSPS) is 10.5. The zero-order valence-electron chi connectivity index (χ0n) is 12.8. The summed E-state index contributed by atoms with van der Waals surface area (Å²) in [5.41, 5.74) is 2.28. The second-order valence-corrected chi connectivity index (χ2v) is 6.45. The van der Waals surface area contributed by atoms with Crippen LogP contribution in [0.2, 0.25) is 10.0 Å². The molecule has 3 rings (SSSR count). The molecular weight excluding hydrogens is 382 g/mol. The van der Waals surface area contributed by atoms with Crippen molar-refractivity contribution in [1.82, 2.24) is 9.78 Å². The minimum atomic E-state index is -0.480. The lowest BCUT2D eigenvalue weighted by atomic mass is 10.2. The highest BCUT2D eigenvalue weighted by atomic mass is 35.5. The van der Waals surface area contributed by atoms with E-state index in [1.54, 1.807) is 16.9 Å². The fraction of sp³-hybridized carbons (Fsp3) is 0.0588. The zero-order chi connectivity index (χ0) is 17.8. The van der Waals surface area contributed by atoms with E-state index in [9.17, 15) is 4.39 Å². The van der Waals surface area contributed by atoms with Crippen molar-refractivity contribution in [3.8, 4) is 0 Å². The topological polar surface area (TPSA) is 41.9 Å². The van der Waals surface area contributed by atoms with Gasteiger partial charge in [-0.2, -0.15) is 5.10 Å². The van der Waals surface area contributed by atoms with E-state index >= 15 is 0 Å². The van der Waals surface area contributed by atoms with Crippen molar-refractivity contribution in [2.24, 2.45) is 0 Å². The summed E-state index contributed by atoms with van der Waals surface area (Å²) in [6, 6.07) is 11.9. The molecule has 1 aromatic heterocycles. The molecule has 0 aliphatic carbocycles. The van der Waals surface area contributed by atoms with Gasteiger partial charge in [-0.15, -0.1) is 0 Å². The van der Waals surface area contributed by atoms with Crippen LogP contribution in [0, 0.1) is 5.82 Å². The number of hydrogen-bond donors (Lipinski definition) is 2. The van der Waals surface area contributed by atoms with Crippen LogP contribution in [-0.4, -0.2) is 14.9 Å². The van der Waals surface area contributed by atoms with Crippen molar-refractivity contribution in [3.63, 3.8) is 0 Å². The molecule has 25 heavy (non-hydrogen) atoms. The molecule has 128 valence electrons. The summed E-state index contributed by atoms with van der Waals surface area (Å²) in [7, 11) is 0. The van der Waals surface area contributed by atoms with Crippen LogP contribution in [0.15, 0.2) is 54.9 Å². The van der Waals surface area contributed by atoms with E-state index < -0.39 is 5.82 Å². The minimum absolute atomic E-state index is 0.0281. The molecule has 2 N–H and O–H groups in total. The maximum Gasteiger partial charge on any atom is 0.175 e. The number of anilines is 2. The van der Waals surface area contributed by atoms with Crippen LogP contribution in [-0.2, 0) is 6.54 Å². The Bertz CT molecular complexity index is 913. The lowest BCUT2D eigenvalue weighted by Gasteiger charge is -2.09. The third-order valence-corrected chi connectivity index (χ3v) is 4.22. The fourth-order valence-electron chi connectivity index (χ4n) is 2.18. The van der Waals surface area contributed by atoms with Gasteiger partial charge in [0, 0.05) is 16.9 Å². The van der Waals surface area contributed by atoms with Crippen LogP contribution in [0.4, 0.5) is 15.8 Å². The minimum Gasteiger partial charge on any atom is -0.332 e. The molecule has 1 heterocycles. The highest BCUT2D eigenvalue weighted by Crippen LogP contribution is 2.20. The van der Waals surface area contributed by atoms with Crippen LogP contribution in [0.3, 0.4) is 0 Å². The third-order valence-electron chi connectivity index (χ3n) is 3.36. The Morgan fingerprint density at radius 1 is 1.08 bits per heavy atom. The molecule has 3 aromatic rings. The molecule has 0 spiro atoms. The first-order valence-electron chi connectivity index (χ1n) is 7.30. The van der Waals surface area contributed by atoms with Gasteiger partial charge in [0.25, 0.3) is 0 Å². The average molecular weight is 395 g/mol. The van der Waals surface area contributed by atoms with Crippen LogP contribution < -0.4 is 10.6 Å². The van der Waals surface area contributed by atoms with Gasteiger partial charge in [0.1, 0.15) is 5.82 Å². The third kappa shape index (κ3) is 4.69. The van der Waals surface area contributed by atoms with E-state index in [0.717, 1.165) is 11.3 Å². The van der Waals surface area contributed by atoms with Gasteiger partial charge >= 0.3 is 0 Å². The predicted octanol–water partition coefficient (Wildman–Crippen LogP) is 5.19. The molecule has 0 atom stereocenters. The molecular formula is C17H13Cl2FN4S. The van der Waals surface area contributed by atoms with Gasteiger partial charge in [-0.05, 0) is 42.0 Å². The smallest absolute Gasteiger partial charge is 0.175 e. The SMILES string of the molecule is Fc1ccc(NC(=S)Nc2cnn(Cc3ccccc3Cl)c2)cc1Cl. The van der Waals surface area contributed by atoms with Crippen molar-refractivity contribution in [1.29, 1.82) is 0 Å². The van der Waals surface area contributed by atoms with E-state index in [4.69, 9.17) is 35.4 Å². The second kappa shape index (κ2) is 7.82. The Morgan fingerprint density at radius 2 is 1.84 bits per heavy atom. The number of thiocarbonyl (C=S) groups is 1. The maximum atomic E-state index is 13.2. The van der Waals surface area contributed by atoms with Crippen molar-refractivity contribution in [2.45, 2.75) is 6.54 Å². The molecule has 0 saturated heterocycles. The highest BCUT2D eigenvalue weighted by molar-refractivity contribution is 7.80. The van der Waals surface area contributed by atoms with E-state index in [-0.39, 0.29) is 5.02 Å². The van der Waals surface area contributed by atoms with Gasteiger partial charge in [-0.1, -0.05) is 41.4 Å². The molecule has 8 heteroatoms. The van der Waals surface area contributed by atoms with Crippen molar-refractivity contribution < 1.29 is 4.39 Å². The first kappa shape index (κ1) is 17.7. The molecule has 0 aliphatic rings. The Balaban J connectivity index is 1.61. The van der Waals surface area contributed by atoms with Gasteiger partial charge < -0.3 is 10.6 Å². The van der Waals surface area contributed by atoms with Crippen LogP contribution >= 0.6 is 35.4 Å². The molecule has 0 radical (unpaired) electrons. The van der Waals surface area contributed by atoms with Crippen molar-refractivity contribution in [3.05, 3.63) is 76.3 Å². The summed E-state index contributed by atoms with van der Waals surface area (Å²) in [6.07, 6.45) is 3.47. The molecule has 0 unspecified atom stereocenters. The first-order chi connectivity index (χ1) is 12.0. The van der Waals surface area contributed by atoms with Gasteiger partial charge in [0.05, 0.1) is 23.5 Å². The average Bonchev–Trinajstić information content (AvgIpc) is 3.00. The first-order valence-corrected chi connectivity index (χ1v) is 8.46. The summed E-state index contributed by atoms with van der Waals surface area (Å²) in [5, 5.41) is 11.3. The molecule has 0 aliphatic heterocycles. The van der Waals surface area contributed by atoms with E-state index in [2.05, 4.69) is 15.7 Å². The molecule has 0 bridgehead atoms. The lowest BCUT2D eigenvalue weighted by molar-refractivity contribution is 0.628. The Hall–Kier alpha value is -2.15. The molecule has 2 aromatic carbocycles. The Labute approximate surface area is 159 Å². The summed E-state index contributed by atoms with van der Waals surface area (Å²) >= 11 is 17.1. The predicted molar refractivity (Wildman–Crippen MR) is 104 cm³/mol. The number of benzene rings is 2. The highest BCUT2D eigenvalue weighted by Gasteiger charge is 2.06. The number of nitrogens with one attached hydrogen (secondary N) is 2. The summed E-state index contributed by atoms with van der Waals surface area (Å²) in [6.45, 7) is 0.551. The standard InChI is InChI=1S/C17H13Cl2FN4S/c18-14-4-2-1-3-11(14)9-24-10-13(8-21-24)23-17(25)22-12-5-6-16(20)15(19)7-12/h1-8,10H,9H2,(H2,22,23,25). The Morgan fingerprint density at radius 3 is 2.60 bits per heavy atom. The maximum absolute atomic E-state index is 13.2.